The summed E-state index contributed by atoms with van der Waals surface area (Å²) in [7, 11) is 0. The first-order valence-corrected chi connectivity index (χ1v) is 8.67. The average Bonchev–Trinajstić information content (AvgIpc) is 2.48. The lowest BCUT2D eigenvalue weighted by atomic mass is 9.79. The van der Waals surface area contributed by atoms with Crippen LogP contribution in [0.15, 0.2) is 30.3 Å². The lowest BCUT2D eigenvalue weighted by molar-refractivity contribution is -0.137. The number of hydrogen-bond donors (Lipinski definition) is 1. The molecular weight excluding hydrogens is 347 g/mol. The molecular formula is C20H21ClF3N. The molecule has 134 valence electrons. The first-order chi connectivity index (χ1) is 11.5. The van der Waals surface area contributed by atoms with Crippen molar-refractivity contribution in [3.8, 4) is 11.1 Å². The molecule has 1 heterocycles. The molecule has 0 saturated carbocycles. The molecule has 3 rings (SSSR count). The second-order valence-electron chi connectivity index (χ2n) is 7.50. The Labute approximate surface area is 151 Å². The third kappa shape index (κ3) is 3.24. The summed E-state index contributed by atoms with van der Waals surface area (Å²) < 4.78 is 40.3. The minimum atomic E-state index is -4.42. The van der Waals surface area contributed by atoms with Crippen LogP contribution in [0.2, 0.25) is 5.02 Å². The highest BCUT2D eigenvalue weighted by atomic mass is 35.5. The number of anilines is 1. The summed E-state index contributed by atoms with van der Waals surface area (Å²) in [5, 5.41) is 3.90. The van der Waals surface area contributed by atoms with Gasteiger partial charge < -0.3 is 5.32 Å². The quantitative estimate of drug-likeness (QED) is 0.570. The van der Waals surface area contributed by atoms with Crippen LogP contribution in [0.1, 0.15) is 49.8 Å². The minimum Gasteiger partial charge on any atom is -0.380 e. The van der Waals surface area contributed by atoms with Gasteiger partial charge in [-0.25, -0.2) is 0 Å². The zero-order valence-electron chi connectivity index (χ0n) is 14.7. The van der Waals surface area contributed by atoms with Gasteiger partial charge in [-0.15, -0.1) is 0 Å². The maximum Gasteiger partial charge on any atom is 0.417 e. The third-order valence-corrected chi connectivity index (χ3v) is 5.20. The molecule has 0 saturated heterocycles. The van der Waals surface area contributed by atoms with Crippen molar-refractivity contribution in [2.45, 2.75) is 51.7 Å². The van der Waals surface area contributed by atoms with E-state index in [2.05, 4.69) is 26.1 Å². The largest absolute Gasteiger partial charge is 0.417 e. The lowest BCUT2D eigenvalue weighted by Gasteiger charge is -2.39. The predicted octanol–water partition coefficient (Wildman–Crippen LogP) is 7.03. The maximum atomic E-state index is 13.4. The Morgan fingerprint density at radius 2 is 1.80 bits per heavy atom. The fourth-order valence-corrected chi connectivity index (χ4v) is 4.30. The van der Waals surface area contributed by atoms with Crippen LogP contribution < -0.4 is 5.32 Å². The number of nitrogens with one attached hydrogen (secondary N) is 1. The number of rotatable bonds is 1. The standard InChI is InChI=1S/C20H21ClF3N/c1-11-9-14(13-7-5-6-8-15(13)20(22,23)24)17(21)16-12(2)10-19(3,4)25-18(11)16/h5-9,12,25H,10H2,1-4H3. The van der Waals surface area contributed by atoms with Crippen LogP contribution in [0, 0.1) is 6.92 Å². The molecule has 0 aromatic heterocycles. The van der Waals surface area contributed by atoms with Gasteiger partial charge in [-0.05, 0) is 61.9 Å². The van der Waals surface area contributed by atoms with Gasteiger partial charge in [0, 0.05) is 16.8 Å². The zero-order valence-corrected chi connectivity index (χ0v) is 15.4. The first kappa shape index (κ1) is 18.1. The SMILES string of the molecule is Cc1cc(-c2ccccc2C(F)(F)F)c(Cl)c2c1NC(C)(C)CC2C. The smallest absolute Gasteiger partial charge is 0.380 e. The van der Waals surface area contributed by atoms with E-state index in [9.17, 15) is 13.2 Å². The van der Waals surface area contributed by atoms with Crippen molar-refractivity contribution < 1.29 is 13.2 Å². The second kappa shape index (κ2) is 5.94. The molecule has 1 unspecified atom stereocenters. The van der Waals surface area contributed by atoms with E-state index in [4.69, 9.17) is 11.6 Å². The Morgan fingerprint density at radius 1 is 1.16 bits per heavy atom. The number of benzene rings is 2. The van der Waals surface area contributed by atoms with Crippen molar-refractivity contribution in [2.75, 3.05) is 5.32 Å². The molecule has 0 aliphatic carbocycles. The molecule has 0 radical (unpaired) electrons. The van der Waals surface area contributed by atoms with Crippen LogP contribution in [0.3, 0.4) is 0 Å². The highest BCUT2D eigenvalue weighted by Gasteiger charge is 2.36. The van der Waals surface area contributed by atoms with E-state index in [1.165, 1.54) is 12.1 Å². The van der Waals surface area contributed by atoms with Gasteiger partial charge in [-0.2, -0.15) is 13.2 Å². The predicted molar refractivity (Wildman–Crippen MR) is 97.4 cm³/mol. The molecule has 25 heavy (non-hydrogen) atoms. The minimum absolute atomic E-state index is 0.0775. The zero-order chi connectivity index (χ0) is 18.6. The third-order valence-electron chi connectivity index (χ3n) is 4.79. The van der Waals surface area contributed by atoms with E-state index in [1.54, 1.807) is 12.1 Å². The molecule has 2 aromatic carbocycles. The van der Waals surface area contributed by atoms with Gasteiger partial charge in [0.2, 0.25) is 0 Å². The van der Waals surface area contributed by atoms with Gasteiger partial charge in [0.1, 0.15) is 0 Å². The van der Waals surface area contributed by atoms with Crippen molar-refractivity contribution in [3.05, 3.63) is 52.0 Å². The van der Waals surface area contributed by atoms with Crippen LogP contribution in [0.4, 0.5) is 18.9 Å². The maximum absolute atomic E-state index is 13.4. The Balaban J connectivity index is 2.26. The van der Waals surface area contributed by atoms with Gasteiger partial charge >= 0.3 is 6.18 Å². The number of hydrogen-bond acceptors (Lipinski definition) is 1. The fourth-order valence-electron chi connectivity index (χ4n) is 3.87. The molecule has 0 bridgehead atoms. The van der Waals surface area contributed by atoms with E-state index in [0.29, 0.717) is 10.6 Å². The van der Waals surface area contributed by atoms with Gasteiger partial charge in [0.15, 0.2) is 0 Å². The van der Waals surface area contributed by atoms with Crippen LogP contribution in [-0.4, -0.2) is 5.54 Å². The van der Waals surface area contributed by atoms with E-state index < -0.39 is 11.7 Å². The Morgan fingerprint density at radius 3 is 2.44 bits per heavy atom. The molecule has 1 N–H and O–H groups in total. The monoisotopic (exact) mass is 367 g/mol. The normalized spacial score (nSPS) is 19.3. The van der Waals surface area contributed by atoms with Gasteiger partial charge in [-0.1, -0.05) is 36.7 Å². The number of alkyl halides is 3. The summed E-state index contributed by atoms with van der Waals surface area (Å²) in [6.45, 7) is 8.22. The summed E-state index contributed by atoms with van der Waals surface area (Å²) in [5.74, 6) is 0.162. The summed E-state index contributed by atoms with van der Waals surface area (Å²) in [4.78, 5) is 0. The average molecular weight is 368 g/mol. The van der Waals surface area contributed by atoms with Crippen molar-refractivity contribution in [1.82, 2.24) is 0 Å². The van der Waals surface area contributed by atoms with E-state index in [0.717, 1.165) is 29.3 Å². The topological polar surface area (TPSA) is 12.0 Å². The van der Waals surface area contributed by atoms with E-state index in [-0.39, 0.29) is 17.0 Å². The number of aryl methyl sites for hydroxylation is 1. The van der Waals surface area contributed by atoms with Crippen molar-refractivity contribution in [2.24, 2.45) is 0 Å². The Hall–Kier alpha value is -1.68. The summed E-state index contributed by atoms with van der Waals surface area (Å²) in [6.07, 6.45) is -3.56. The van der Waals surface area contributed by atoms with E-state index >= 15 is 0 Å². The highest BCUT2D eigenvalue weighted by molar-refractivity contribution is 6.34. The van der Waals surface area contributed by atoms with Crippen LogP contribution in [0.25, 0.3) is 11.1 Å². The molecule has 0 fully saturated rings. The first-order valence-electron chi connectivity index (χ1n) is 8.29. The summed E-state index contributed by atoms with van der Waals surface area (Å²) in [5.41, 5.74) is 2.60. The molecule has 5 heteroatoms. The van der Waals surface area contributed by atoms with Gasteiger partial charge in [0.05, 0.1) is 10.6 Å². The highest BCUT2D eigenvalue weighted by Crippen LogP contribution is 2.49. The molecule has 1 atom stereocenters. The van der Waals surface area contributed by atoms with Crippen molar-refractivity contribution >= 4 is 17.3 Å². The second-order valence-corrected chi connectivity index (χ2v) is 7.88. The lowest BCUT2D eigenvalue weighted by Crippen LogP contribution is -2.37. The van der Waals surface area contributed by atoms with Crippen molar-refractivity contribution in [1.29, 1.82) is 0 Å². The molecule has 2 aromatic rings. The van der Waals surface area contributed by atoms with Gasteiger partial charge in [0.25, 0.3) is 0 Å². The van der Waals surface area contributed by atoms with Crippen LogP contribution >= 0.6 is 11.6 Å². The number of halogens is 4. The molecule has 1 aliphatic heterocycles. The molecule has 1 nitrogen and oxygen atoms in total. The van der Waals surface area contributed by atoms with Crippen LogP contribution in [-0.2, 0) is 6.18 Å². The summed E-state index contributed by atoms with van der Waals surface area (Å²) in [6, 6.07) is 7.36. The summed E-state index contributed by atoms with van der Waals surface area (Å²) >= 11 is 6.64. The van der Waals surface area contributed by atoms with Crippen LogP contribution in [0.5, 0.6) is 0 Å². The Kier molecular flexibility index (Phi) is 4.31. The molecule has 1 aliphatic rings. The van der Waals surface area contributed by atoms with E-state index in [1.807, 2.05) is 6.92 Å². The van der Waals surface area contributed by atoms with Gasteiger partial charge in [-0.3, -0.25) is 0 Å². The fraction of sp³-hybridized carbons (Fsp3) is 0.400. The molecule has 0 spiro atoms. The molecule has 0 amide bonds. The Bertz CT molecular complexity index is 824. The van der Waals surface area contributed by atoms with Crippen molar-refractivity contribution in [3.63, 3.8) is 0 Å². The number of fused-ring (bicyclic) bond motifs is 1.